The Morgan fingerprint density at radius 1 is 1.00 bits per heavy atom. The van der Waals surface area contributed by atoms with Gasteiger partial charge in [-0.1, -0.05) is 0 Å². The molecule has 1 aromatic rings. The molecule has 0 saturated carbocycles. The van der Waals surface area contributed by atoms with Crippen LogP contribution in [0.2, 0.25) is 0 Å². The molecule has 0 aliphatic carbocycles. The smallest absolute Gasteiger partial charge is 0.503 e. The van der Waals surface area contributed by atoms with Crippen LogP contribution in [0.3, 0.4) is 0 Å². The molecule has 0 radical (unpaired) electrons. The van der Waals surface area contributed by atoms with Gasteiger partial charge in [-0.25, -0.2) is 0 Å². The van der Waals surface area contributed by atoms with Crippen molar-refractivity contribution in [1.29, 1.82) is 0 Å². The molecule has 0 aliphatic heterocycles. The summed E-state index contributed by atoms with van der Waals surface area (Å²) in [6.07, 6.45) is -0.231. The summed E-state index contributed by atoms with van der Waals surface area (Å²) in [5.74, 6) is 0.666. The number of rotatable bonds is 8. The van der Waals surface area contributed by atoms with Gasteiger partial charge in [-0.2, -0.15) is 0 Å². The molecule has 0 aromatic heterocycles. The number of hydrogen-bond acceptors (Lipinski definition) is 6. The standard InChI is InChI=1S/C12H23N3O3Si/c1-9(7-13)16-19(17-10(2)8-14)18-12-5-3-11(15)4-6-12/h3-6,9-10,19H,7-8,13-15H2,1-2H3. The number of nitrogens with two attached hydrogens (primary N) is 3. The first-order valence-corrected chi connectivity index (χ1v) is 7.69. The molecule has 0 aliphatic rings. The Labute approximate surface area is 115 Å². The van der Waals surface area contributed by atoms with Crippen LogP contribution >= 0.6 is 0 Å². The molecule has 6 N–H and O–H groups in total. The highest BCUT2D eigenvalue weighted by Crippen LogP contribution is 2.15. The largest absolute Gasteiger partial charge is 0.550 e. The minimum absolute atomic E-state index is 0.115. The monoisotopic (exact) mass is 285 g/mol. The highest BCUT2D eigenvalue weighted by atomic mass is 28.3. The summed E-state index contributed by atoms with van der Waals surface area (Å²) < 4.78 is 17.1. The van der Waals surface area contributed by atoms with E-state index in [0.29, 0.717) is 24.5 Å². The van der Waals surface area contributed by atoms with E-state index in [1.807, 2.05) is 13.8 Å². The lowest BCUT2D eigenvalue weighted by molar-refractivity contribution is 0.0778. The predicted octanol–water partition coefficient (Wildman–Crippen LogP) is 0.0924. The van der Waals surface area contributed by atoms with Gasteiger partial charge in [-0.15, -0.1) is 0 Å². The van der Waals surface area contributed by atoms with Crippen LogP contribution < -0.4 is 21.6 Å². The van der Waals surface area contributed by atoms with Crippen LogP contribution in [0.5, 0.6) is 5.75 Å². The maximum absolute atomic E-state index is 5.74. The second-order valence-corrected chi connectivity index (χ2v) is 5.70. The van der Waals surface area contributed by atoms with Crippen LogP contribution in [0.25, 0.3) is 0 Å². The normalized spacial score (nSPS) is 15.8. The fourth-order valence-corrected chi connectivity index (χ4v) is 2.77. The number of hydrogen-bond donors (Lipinski definition) is 3. The van der Waals surface area contributed by atoms with Crippen LogP contribution in [0.1, 0.15) is 13.8 Å². The van der Waals surface area contributed by atoms with Gasteiger partial charge in [-0.3, -0.25) is 0 Å². The molecular weight excluding hydrogens is 262 g/mol. The van der Waals surface area contributed by atoms with E-state index in [4.69, 9.17) is 30.5 Å². The molecule has 0 spiro atoms. The fraction of sp³-hybridized carbons (Fsp3) is 0.500. The van der Waals surface area contributed by atoms with Gasteiger partial charge < -0.3 is 30.5 Å². The highest BCUT2D eigenvalue weighted by molar-refractivity contribution is 6.37. The molecule has 19 heavy (non-hydrogen) atoms. The average molecular weight is 285 g/mol. The molecule has 0 amide bonds. The van der Waals surface area contributed by atoms with Gasteiger partial charge >= 0.3 is 9.53 Å². The van der Waals surface area contributed by atoms with E-state index < -0.39 is 9.53 Å². The second kappa shape index (κ2) is 8.13. The summed E-state index contributed by atoms with van der Waals surface area (Å²) in [5, 5.41) is 0. The third-order valence-electron chi connectivity index (χ3n) is 2.46. The number of nitrogen functional groups attached to an aromatic ring is 1. The zero-order valence-corrected chi connectivity index (χ0v) is 12.6. The fourth-order valence-electron chi connectivity index (χ4n) is 1.24. The second-order valence-electron chi connectivity index (χ2n) is 4.34. The van der Waals surface area contributed by atoms with Crippen molar-refractivity contribution in [2.45, 2.75) is 26.1 Å². The average Bonchev–Trinajstić information content (AvgIpc) is 2.40. The van der Waals surface area contributed by atoms with Crippen molar-refractivity contribution in [3.63, 3.8) is 0 Å². The molecule has 1 rings (SSSR count). The maximum atomic E-state index is 5.74. The van der Waals surface area contributed by atoms with E-state index >= 15 is 0 Å². The minimum Gasteiger partial charge on any atom is -0.503 e. The molecule has 0 heterocycles. The van der Waals surface area contributed by atoms with Crippen molar-refractivity contribution in [2.24, 2.45) is 11.5 Å². The molecule has 1 aromatic carbocycles. The van der Waals surface area contributed by atoms with Crippen molar-refractivity contribution in [3.05, 3.63) is 24.3 Å². The summed E-state index contributed by atoms with van der Waals surface area (Å²) in [6, 6.07) is 7.09. The van der Waals surface area contributed by atoms with E-state index in [-0.39, 0.29) is 12.2 Å². The van der Waals surface area contributed by atoms with Crippen LogP contribution in [-0.4, -0.2) is 34.8 Å². The first-order valence-electron chi connectivity index (χ1n) is 6.28. The molecule has 6 nitrogen and oxygen atoms in total. The van der Waals surface area contributed by atoms with Crippen molar-refractivity contribution >= 4 is 15.2 Å². The van der Waals surface area contributed by atoms with Gasteiger partial charge in [0.15, 0.2) is 0 Å². The third-order valence-corrected chi connectivity index (χ3v) is 4.30. The van der Waals surface area contributed by atoms with E-state index in [9.17, 15) is 0 Å². The maximum Gasteiger partial charge on any atom is 0.550 e. The predicted molar refractivity (Wildman–Crippen MR) is 77.8 cm³/mol. The third kappa shape index (κ3) is 6.04. The molecule has 2 unspecified atom stereocenters. The molecule has 108 valence electrons. The zero-order chi connectivity index (χ0) is 14.3. The SMILES string of the molecule is CC(CN)O[SiH](Oc1ccc(N)cc1)OC(C)CN. The lowest BCUT2D eigenvalue weighted by Crippen LogP contribution is -2.40. The molecular formula is C12H23N3O3Si. The van der Waals surface area contributed by atoms with Gasteiger partial charge in [0.1, 0.15) is 5.75 Å². The van der Waals surface area contributed by atoms with E-state index in [1.54, 1.807) is 24.3 Å². The van der Waals surface area contributed by atoms with Crippen LogP contribution in [0, 0.1) is 0 Å². The molecule has 0 fully saturated rings. The van der Waals surface area contributed by atoms with E-state index in [0.717, 1.165) is 0 Å². The molecule has 0 bridgehead atoms. The first-order chi connectivity index (χ1) is 9.05. The van der Waals surface area contributed by atoms with Gasteiger partial charge in [0, 0.05) is 18.8 Å². The molecule has 0 saturated heterocycles. The lowest BCUT2D eigenvalue weighted by Gasteiger charge is -2.23. The van der Waals surface area contributed by atoms with E-state index in [2.05, 4.69) is 0 Å². The summed E-state index contributed by atoms with van der Waals surface area (Å²) in [7, 11) is -2.33. The summed E-state index contributed by atoms with van der Waals surface area (Å²) in [5.41, 5.74) is 17.4. The topological polar surface area (TPSA) is 106 Å². The van der Waals surface area contributed by atoms with E-state index in [1.165, 1.54) is 0 Å². The van der Waals surface area contributed by atoms with Gasteiger partial charge in [0.25, 0.3) is 0 Å². The lowest BCUT2D eigenvalue weighted by atomic mass is 10.3. The molecule has 2 atom stereocenters. The number of anilines is 1. The van der Waals surface area contributed by atoms with Crippen molar-refractivity contribution in [2.75, 3.05) is 18.8 Å². The van der Waals surface area contributed by atoms with Crippen molar-refractivity contribution in [3.8, 4) is 5.75 Å². The Balaban J connectivity index is 2.64. The Bertz CT molecular complexity index is 352. The summed E-state index contributed by atoms with van der Waals surface area (Å²) in [6.45, 7) is 4.58. The Kier molecular flexibility index (Phi) is 6.82. The Morgan fingerprint density at radius 2 is 1.47 bits per heavy atom. The van der Waals surface area contributed by atoms with Crippen LogP contribution in [-0.2, 0) is 8.85 Å². The first kappa shape index (κ1) is 15.9. The van der Waals surface area contributed by atoms with Crippen LogP contribution in [0.15, 0.2) is 24.3 Å². The number of benzene rings is 1. The van der Waals surface area contributed by atoms with Gasteiger partial charge in [-0.05, 0) is 38.1 Å². The van der Waals surface area contributed by atoms with Gasteiger partial charge in [0.2, 0.25) is 0 Å². The van der Waals surface area contributed by atoms with Crippen molar-refractivity contribution in [1.82, 2.24) is 0 Å². The van der Waals surface area contributed by atoms with Crippen LogP contribution in [0.4, 0.5) is 5.69 Å². The minimum atomic E-state index is -2.33. The Morgan fingerprint density at radius 3 is 1.89 bits per heavy atom. The van der Waals surface area contributed by atoms with Crippen molar-refractivity contribution < 1.29 is 13.3 Å². The Hall–Kier alpha value is -1.12. The zero-order valence-electron chi connectivity index (χ0n) is 11.4. The summed E-state index contributed by atoms with van der Waals surface area (Å²) in [4.78, 5) is 0. The van der Waals surface area contributed by atoms with Gasteiger partial charge in [0.05, 0.1) is 12.2 Å². The quantitative estimate of drug-likeness (QED) is 0.462. The summed E-state index contributed by atoms with van der Waals surface area (Å²) >= 11 is 0. The highest BCUT2D eigenvalue weighted by Gasteiger charge is 2.23. The molecule has 7 heteroatoms.